The molecule has 116 valence electrons. The Morgan fingerprint density at radius 2 is 2.10 bits per heavy atom. The average molecular weight is 310 g/mol. The zero-order valence-corrected chi connectivity index (χ0v) is 13.4. The van der Waals surface area contributed by atoms with Crippen molar-refractivity contribution in [1.82, 2.24) is 10.3 Å². The molecule has 5 nitrogen and oxygen atoms in total. The monoisotopic (exact) mass is 310 g/mol. The third-order valence-corrected chi connectivity index (χ3v) is 5.39. The predicted molar refractivity (Wildman–Crippen MR) is 80.9 cm³/mol. The molecule has 1 fully saturated rings. The molecule has 1 aliphatic carbocycles. The summed E-state index contributed by atoms with van der Waals surface area (Å²) in [5.74, 6) is -1.71. The van der Waals surface area contributed by atoms with Gasteiger partial charge in [0, 0.05) is 11.6 Å². The van der Waals surface area contributed by atoms with Crippen LogP contribution in [-0.4, -0.2) is 22.0 Å². The van der Waals surface area contributed by atoms with E-state index in [0.717, 1.165) is 11.4 Å². The molecule has 3 atom stereocenters. The number of nitrogens with zero attached hydrogens (tertiary/aromatic N) is 1. The van der Waals surface area contributed by atoms with Gasteiger partial charge in [0.05, 0.1) is 17.4 Å². The van der Waals surface area contributed by atoms with Gasteiger partial charge in [-0.1, -0.05) is 13.3 Å². The summed E-state index contributed by atoms with van der Waals surface area (Å²) in [6.45, 7) is 5.83. The van der Waals surface area contributed by atoms with Crippen LogP contribution in [0.5, 0.6) is 0 Å². The number of thiazole rings is 1. The molecule has 1 saturated carbocycles. The van der Waals surface area contributed by atoms with Crippen molar-refractivity contribution in [2.75, 3.05) is 0 Å². The van der Waals surface area contributed by atoms with Gasteiger partial charge >= 0.3 is 5.97 Å². The summed E-state index contributed by atoms with van der Waals surface area (Å²) in [6.07, 6.45) is 3.88. The van der Waals surface area contributed by atoms with Crippen molar-refractivity contribution < 1.29 is 14.7 Å². The van der Waals surface area contributed by atoms with E-state index in [4.69, 9.17) is 0 Å². The number of carbonyl (C=O) groups is 2. The number of hydrogen-bond donors (Lipinski definition) is 2. The molecule has 0 radical (unpaired) electrons. The third kappa shape index (κ3) is 3.43. The van der Waals surface area contributed by atoms with Crippen LogP contribution in [0.3, 0.4) is 0 Å². The van der Waals surface area contributed by atoms with E-state index in [-0.39, 0.29) is 5.91 Å². The van der Waals surface area contributed by atoms with Crippen LogP contribution < -0.4 is 5.32 Å². The molecule has 21 heavy (non-hydrogen) atoms. The Kier molecular flexibility index (Phi) is 4.66. The molecular formula is C15H22N2O3S. The van der Waals surface area contributed by atoms with Crippen molar-refractivity contribution in [2.24, 2.45) is 17.8 Å². The quantitative estimate of drug-likeness (QED) is 0.876. The van der Waals surface area contributed by atoms with Gasteiger partial charge in [0.25, 0.3) is 0 Å². The molecule has 0 saturated heterocycles. The summed E-state index contributed by atoms with van der Waals surface area (Å²) in [6, 6.07) is 0. The number of nitrogens with one attached hydrogen (secondary N) is 1. The smallest absolute Gasteiger partial charge is 0.307 e. The molecule has 0 bridgehead atoms. The number of carbonyl (C=O) groups excluding carboxylic acids is 1. The lowest BCUT2D eigenvalue weighted by Gasteiger charge is -2.27. The predicted octanol–water partition coefficient (Wildman–Crippen LogP) is 2.63. The summed E-state index contributed by atoms with van der Waals surface area (Å²) in [5.41, 5.74) is -0.571. The molecule has 1 heterocycles. The fourth-order valence-electron chi connectivity index (χ4n) is 3.03. The van der Waals surface area contributed by atoms with E-state index in [2.05, 4.69) is 10.3 Å². The lowest BCUT2D eigenvalue weighted by molar-refractivity contribution is -0.146. The van der Waals surface area contributed by atoms with E-state index in [9.17, 15) is 14.7 Å². The zero-order valence-electron chi connectivity index (χ0n) is 12.6. The second-order valence-electron chi connectivity index (χ2n) is 6.25. The lowest BCUT2D eigenvalue weighted by Crippen LogP contribution is -2.45. The first-order valence-corrected chi connectivity index (χ1v) is 8.18. The Morgan fingerprint density at radius 3 is 2.62 bits per heavy atom. The van der Waals surface area contributed by atoms with Crippen molar-refractivity contribution in [3.05, 3.63) is 16.6 Å². The van der Waals surface area contributed by atoms with Crippen molar-refractivity contribution in [3.63, 3.8) is 0 Å². The maximum absolute atomic E-state index is 12.5. The minimum absolute atomic E-state index is 0.168. The largest absolute Gasteiger partial charge is 0.481 e. The number of aliphatic carboxylic acids is 1. The van der Waals surface area contributed by atoms with Crippen LogP contribution in [-0.2, 0) is 15.1 Å². The second kappa shape index (κ2) is 6.13. The standard InChI is InChI=1S/C15H22N2O3S/c1-4-9-7-10(11(8-9)13(19)20)12(18)17-15(2,3)14-16-5-6-21-14/h5-6,9-11H,4,7-8H2,1-3H3,(H,17,18)(H,19,20)/t9?,10-,11+/m0/s1. The minimum atomic E-state index is -0.863. The third-order valence-electron chi connectivity index (χ3n) is 4.29. The van der Waals surface area contributed by atoms with Crippen molar-refractivity contribution in [3.8, 4) is 0 Å². The van der Waals surface area contributed by atoms with E-state index in [0.29, 0.717) is 18.8 Å². The van der Waals surface area contributed by atoms with Gasteiger partial charge in [0.1, 0.15) is 5.01 Å². The van der Waals surface area contributed by atoms with Crippen LogP contribution in [0.4, 0.5) is 0 Å². The highest BCUT2D eigenvalue weighted by Gasteiger charge is 2.43. The number of aromatic nitrogens is 1. The number of carboxylic acid groups (broad SMARTS) is 1. The first-order valence-electron chi connectivity index (χ1n) is 7.30. The summed E-state index contributed by atoms with van der Waals surface area (Å²) in [5, 5.41) is 15.0. The number of carboxylic acids is 1. The first-order chi connectivity index (χ1) is 9.85. The van der Waals surface area contributed by atoms with Crippen LogP contribution in [0, 0.1) is 17.8 Å². The molecular weight excluding hydrogens is 288 g/mol. The second-order valence-corrected chi connectivity index (χ2v) is 7.14. The molecule has 0 spiro atoms. The summed E-state index contributed by atoms with van der Waals surface area (Å²) in [4.78, 5) is 28.2. The Morgan fingerprint density at radius 1 is 1.43 bits per heavy atom. The normalized spacial score (nSPS) is 25.8. The highest BCUT2D eigenvalue weighted by molar-refractivity contribution is 7.09. The summed E-state index contributed by atoms with van der Waals surface area (Å²) in [7, 11) is 0. The zero-order chi connectivity index (χ0) is 15.6. The molecule has 6 heteroatoms. The van der Waals surface area contributed by atoms with E-state index in [1.807, 2.05) is 26.2 Å². The molecule has 1 amide bonds. The van der Waals surface area contributed by atoms with Gasteiger partial charge in [0.2, 0.25) is 5.91 Å². The van der Waals surface area contributed by atoms with Crippen molar-refractivity contribution >= 4 is 23.2 Å². The van der Waals surface area contributed by atoms with Gasteiger partial charge < -0.3 is 10.4 Å². The molecule has 1 aromatic rings. The maximum atomic E-state index is 12.5. The fourth-order valence-corrected chi connectivity index (χ4v) is 3.74. The molecule has 1 aliphatic rings. The van der Waals surface area contributed by atoms with Gasteiger partial charge in [-0.05, 0) is 32.6 Å². The van der Waals surface area contributed by atoms with Crippen LogP contribution in [0.1, 0.15) is 45.0 Å². The molecule has 2 N–H and O–H groups in total. The number of rotatable bonds is 5. The van der Waals surface area contributed by atoms with Gasteiger partial charge in [-0.3, -0.25) is 9.59 Å². The van der Waals surface area contributed by atoms with Crippen LogP contribution in [0.2, 0.25) is 0 Å². The Hall–Kier alpha value is -1.43. The van der Waals surface area contributed by atoms with Crippen LogP contribution in [0.25, 0.3) is 0 Å². The number of amides is 1. The first kappa shape index (κ1) is 15.9. The van der Waals surface area contributed by atoms with Gasteiger partial charge in [-0.25, -0.2) is 4.98 Å². The molecule has 1 aromatic heterocycles. The molecule has 0 aliphatic heterocycles. The topological polar surface area (TPSA) is 79.3 Å². The van der Waals surface area contributed by atoms with E-state index >= 15 is 0 Å². The maximum Gasteiger partial charge on any atom is 0.307 e. The number of hydrogen-bond acceptors (Lipinski definition) is 4. The summed E-state index contributed by atoms with van der Waals surface area (Å²) >= 11 is 1.48. The van der Waals surface area contributed by atoms with E-state index in [1.165, 1.54) is 11.3 Å². The SMILES string of the molecule is CCC1C[C@H](C(=O)NC(C)(C)c2nccs2)[C@H](C(=O)O)C1. The van der Waals surface area contributed by atoms with Gasteiger partial charge in [-0.2, -0.15) is 0 Å². The minimum Gasteiger partial charge on any atom is -0.481 e. The molecule has 2 rings (SSSR count). The van der Waals surface area contributed by atoms with E-state index in [1.54, 1.807) is 6.20 Å². The van der Waals surface area contributed by atoms with Crippen LogP contribution >= 0.6 is 11.3 Å². The van der Waals surface area contributed by atoms with Crippen molar-refractivity contribution in [1.29, 1.82) is 0 Å². The fraction of sp³-hybridized carbons (Fsp3) is 0.667. The van der Waals surface area contributed by atoms with Gasteiger partial charge in [0.15, 0.2) is 0 Å². The average Bonchev–Trinajstić information content (AvgIpc) is 3.07. The Labute approximate surface area is 128 Å². The van der Waals surface area contributed by atoms with E-state index < -0.39 is 23.3 Å². The molecule has 0 aromatic carbocycles. The Balaban J connectivity index is 2.10. The van der Waals surface area contributed by atoms with Crippen molar-refractivity contribution in [2.45, 2.75) is 45.6 Å². The Bertz CT molecular complexity index is 513. The van der Waals surface area contributed by atoms with Crippen LogP contribution in [0.15, 0.2) is 11.6 Å². The lowest BCUT2D eigenvalue weighted by atomic mass is 9.94. The molecule has 1 unspecified atom stereocenters. The highest BCUT2D eigenvalue weighted by Crippen LogP contribution is 2.39. The summed E-state index contributed by atoms with van der Waals surface area (Å²) < 4.78 is 0. The van der Waals surface area contributed by atoms with Gasteiger partial charge in [-0.15, -0.1) is 11.3 Å². The highest BCUT2D eigenvalue weighted by atomic mass is 32.1.